The molecule has 1 heterocycles. The van der Waals surface area contributed by atoms with Gasteiger partial charge in [0.15, 0.2) is 0 Å². The average molecular weight is 323 g/mol. The Bertz CT molecular complexity index is 578. The summed E-state index contributed by atoms with van der Waals surface area (Å²) < 4.78 is 1.06. The van der Waals surface area contributed by atoms with Gasteiger partial charge in [-0.1, -0.05) is 28.1 Å². The first-order chi connectivity index (χ1) is 8.92. The minimum atomic E-state index is -0.744. The van der Waals surface area contributed by atoms with E-state index in [0.717, 1.165) is 27.6 Å². The molecule has 0 unspecified atom stereocenters. The van der Waals surface area contributed by atoms with E-state index in [1.165, 1.54) is 0 Å². The van der Waals surface area contributed by atoms with Gasteiger partial charge in [0.1, 0.15) is 5.82 Å². The zero-order valence-electron chi connectivity index (χ0n) is 11.5. The van der Waals surface area contributed by atoms with Gasteiger partial charge >= 0.3 is 0 Å². The lowest BCUT2D eigenvalue weighted by atomic mass is 10.1. The number of fused-ring (bicyclic) bond motifs is 1. The Hall–Kier alpha value is -1.13. The Kier molecular flexibility index (Phi) is 4.11. The second kappa shape index (κ2) is 5.47. The van der Waals surface area contributed by atoms with Gasteiger partial charge in [-0.3, -0.25) is 0 Å². The van der Waals surface area contributed by atoms with Crippen LogP contribution in [0, 0.1) is 0 Å². The van der Waals surface area contributed by atoms with Gasteiger partial charge in [0.05, 0.1) is 5.60 Å². The second-order valence-electron chi connectivity index (χ2n) is 5.30. The number of aromatic nitrogens is 1. The number of hydrogen-bond donors (Lipinski definition) is 1. The normalized spacial score (nSPS) is 11.8. The smallest absolute Gasteiger partial charge is 0.136 e. The molecule has 1 aromatic heterocycles. The highest BCUT2D eigenvalue weighted by atomic mass is 79.9. The molecule has 2 aromatic rings. The van der Waals surface area contributed by atoms with Crippen LogP contribution in [0.15, 0.2) is 34.9 Å². The first-order valence-corrected chi connectivity index (χ1v) is 7.22. The van der Waals surface area contributed by atoms with E-state index in [1.54, 1.807) is 0 Å². The molecule has 1 N–H and O–H groups in total. The maximum absolute atomic E-state index is 10.0. The fourth-order valence-corrected chi connectivity index (χ4v) is 2.71. The Labute approximate surface area is 122 Å². The number of anilines is 1. The molecule has 0 amide bonds. The van der Waals surface area contributed by atoms with Crippen LogP contribution in [0.5, 0.6) is 0 Å². The standard InChI is InChI=1S/C15H19BrN2O/c1-4-18(10-15(2,3)19)14-12-6-5-7-13(16)11(12)8-9-17-14/h5-9,19H,4,10H2,1-3H3. The number of hydrogen-bond acceptors (Lipinski definition) is 3. The molecular weight excluding hydrogens is 304 g/mol. The number of benzene rings is 1. The van der Waals surface area contributed by atoms with Crippen LogP contribution >= 0.6 is 15.9 Å². The van der Waals surface area contributed by atoms with E-state index in [2.05, 4.69) is 38.8 Å². The molecule has 0 aliphatic carbocycles. The molecule has 0 radical (unpaired) electrons. The summed E-state index contributed by atoms with van der Waals surface area (Å²) in [7, 11) is 0. The molecular formula is C15H19BrN2O. The number of likely N-dealkylation sites (N-methyl/N-ethyl adjacent to an activating group) is 1. The highest BCUT2D eigenvalue weighted by Crippen LogP contribution is 2.30. The lowest BCUT2D eigenvalue weighted by Gasteiger charge is -2.29. The lowest BCUT2D eigenvalue weighted by molar-refractivity contribution is 0.0875. The Morgan fingerprint density at radius 2 is 2.00 bits per heavy atom. The van der Waals surface area contributed by atoms with Crippen molar-refractivity contribution in [1.29, 1.82) is 0 Å². The van der Waals surface area contributed by atoms with Gasteiger partial charge in [-0.15, -0.1) is 0 Å². The van der Waals surface area contributed by atoms with Crippen molar-refractivity contribution in [2.45, 2.75) is 26.4 Å². The van der Waals surface area contributed by atoms with Crippen molar-refractivity contribution in [3.8, 4) is 0 Å². The van der Waals surface area contributed by atoms with Crippen LogP contribution in [-0.4, -0.2) is 28.8 Å². The molecule has 0 saturated carbocycles. The van der Waals surface area contributed by atoms with E-state index in [0.29, 0.717) is 6.54 Å². The summed E-state index contributed by atoms with van der Waals surface area (Å²) in [6.45, 7) is 7.07. The average Bonchev–Trinajstić information content (AvgIpc) is 2.35. The Balaban J connectivity index is 2.52. The zero-order chi connectivity index (χ0) is 14.0. The molecule has 0 spiro atoms. The van der Waals surface area contributed by atoms with Crippen molar-refractivity contribution in [2.75, 3.05) is 18.0 Å². The van der Waals surface area contributed by atoms with Crippen LogP contribution in [0.25, 0.3) is 10.8 Å². The molecule has 102 valence electrons. The molecule has 0 saturated heterocycles. The lowest BCUT2D eigenvalue weighted by Crippen LogP contribution is -2.39. The Morgan fingerprint density at radius 3 is 2.63 bits per heavy atom. The van der Waals surface area contributed by atoms with Gasteiger partial charge in [-0.25, -0.2) is 4.98 Å². The fraction of sp³-hybridized carbons (Fsp3) is 0.400. The van der Waals surface area contributed by atoms with E-state index in [4.69, 9.17) is 0 Å². The number of halogens is 1. The van der Waals surface area contributed by atoms with Crippen molar-refractivity contribution in [2.24, 2.45) is 0 Å². The topological polar surface area (TPSA) is 36.4 Å². The molecule has 1 aromatic carbocycles. The molecule has 0 aliphatic rings. The number of aliphatic hydroxyl groups is 1. The predicted molar refractivity (Wildman–Crippen MR) is 83.6 cm³/mol. The van der Waals surface area contributed by atoms with Gasteiger partial charge in [0.25, 0.3) is 0 Å². The van der Waals surface area contributed by atoms with E-state index in [1.807, 2.05) is 38.2 Å². The van der Waals surface area contributed by atoms with Crippen molar-refractivity contribution >= 4 is 32.5 Å². The SMILES string of the molecule is CCN(CC(C)(C)O)c1nccc2c(Br)cccc12. The number of nitrogens with zero attached hydrogens (tertiary/aromatic N) is 2. The first-order valence-electron chi connectivity index (χ1n) is 6.43. The molecule has 0 aliphatic heterocycles. The van der Waals surface area contributed by atoms with Gasteiger partial charge in [-0.2, -0.15) is 0 Å². The Morgan fingerprint density at radius 1 is 1.26 bits per heavy atom. The second-order valence-corrected chi connectivity index (χ2v) is 6.15. The van der Waals surface area contributed by atoms with Crippen LogP contribution in [0.1, 0.15) is 20.8 Å². The molecule has 0 fully saturated rings. The summed E-state index contributed by atoms with van der Waals surface area (Å²) in [4.78, 5) is 6.60. The molecule has 0 atom stereocenters. The molecule has 0 bridgehead atoms. The quantitative estimate of drug-likeness (QED) is 0.934. The largest absolute Gasteiger partial charge is 0.389 e. The maximum atomic E-state index is 10.0. The first kappa shape index (κ1) is 14.3. The molecule has 2 rings (SSSR count). The number of pyridine rings is 1. The third-order valence-corrected chi connectivity index (χ3v) is 3.68. The predicted octanol–water partition coefficient (Wildman–Crippen LogP) is 3.59. The van der Waals surface area contributed by atoms with E-state index < -0.39 is 5.60 Å². The third-order valence-electron chi connectivity index (χ3n) is 2.99. The summed E-state index contributed by atoms with van der Waals surface area (Å²) in [5, 5.41) is 12.3. The van der Waals surface area contributed by atoms with Crippen LogP contribution in [0.4, 0.5) is 5.82 Å². The maximum Gasteiger partial charge on any atom is 0.136 e. The van der Waals surface area contributed by atoms with Crippen LogP contribution < -0.4 is 4.90 Å². The highest BCUT2D eigenvalue weighted by Gasteiger charge is 2.20. The van der Waals surface area contributed by atoms with Crippen molar-refractivity contribution in [3.05, 3.63) is 34.9 Å². The minimum absolute atomic E-state index is 0.558. The summed E-state index contributed by atoms with van der Waals surface area (Å²) in [6.07, 6.45) is 1.81. The fourth-order valence-electron chi connectivity index (χ4n) is 2.21. The molecule has 4 heteroatoms. The minimum Gasteiger partial charge on any atom is -0.389 e. The van der Waals surface area contributed by atoms with Crippen molar-refractivity contribution < 1.29 is 5.11 Å². The summed E-state index contributed by atoms with van der Waals surface area (Å²) in [5.41, 5.74) is -0.744. The van der Waals surface area contributed by atoms with Crippen molar-refractivity contribution in [3.63, 3.8) is 0 Å². The third kappa shape index (κ3) is 3.25. The van der Waals surface area contributed by atoms with E-state index in [9.17, 15) is 5.11 Å². The summed E-state index contributed by atoms with van der Waals surface area (Å²) >= 11 is 3.57. The van der Waals surface area contributed by atoms with Gasteiger partial charge in [0, 0.05) is 34.5 Å². The van der Waals surface area contributed by atoms with Crippen LogP contribution in [0.3, 0.4) is 0 Å². The number of rotatable bonds is 4. The van der Waals surface area contributed by atoms with Gasteiger partial charge in [0.2, 0.25) is 0 Å². The van der Waals surface area contributed by atoms with Crippen molar-refractivity contribution in [1.82, 2.24) is 4.98 Å². The summed E-state index contributed by atoms with van der Waals surface area (Å²) in [6, 6.07) is 8.10. The van der Waals surface area contributed by atoms with E-state index >= 15 is 0 Å². The zero-order valence-corrected chi connectivity index (χ0v) is 13.1. The molecule has 19 heavy (non-hydrogen) atoms. The van der Waals surface area contributed by atoms with Crippen LogP contribution in [0.2, 0.25) is 0 Å². The summed E-state index contributed by atoms with van der Waals surface area (Å²) in [5.74, 6) is 0.920. The molecule has 3 nitrogen and oxygen atoms in total. The van der Waals surface area contributed by atoms with E-state index in [-0.39, 0.29) is 0 Å². The highest BCUT2D eigenvalue weighted by molar-refractivity contribution is 9.10. The van der Waals surface area contributed by atoms with Crippen LogP contribution in [-0.2, 0) is 0 Å². The van der Waals surface area contributed by atoms with Gasteiger partial charge in [-0.05, 0) is 32.9 Å². The van der Waals surface area contributed by atoms with Gasteiger partial charge < -0.3 is 10.0 Å². The monoisotopic (exact) mass is 322 g/mol.